The van der Waals surface area contributed by atoms with Crippen LogP contribution < -0.4 is 0 Å². The van der Waals surface area contributed by atoms with Crippen LogP contribution in [0, 0.1) is 11.3 Å². The van der Waals surface area contributed by atoms with Gasteiger partial charge in [0, 0.05) is 17.9 Å². The van der Waals surface area contributed by atoms with Gasteiger partial charge < -0.3 is 4.57 Å². The third kappa shape index (κ3) is 2.97. The summed E-state index contributed by atoms with van der Waals surface area (Å²) in [6, 6.07) is 6.31. The molecule has 1 aromatic carbocycles. The molecule has 0 amide bonds. The maximum atomic E-state index is 4.85. The Kier molecular flexibility index (Phi) is 3.12. The van der Waals surface area contributed by atoms with Crippen LogP contribution >= 0.6 is 12.6 Å². The van der Waals surface area contributed by atoms with Crippen molar-refractivity contribution >= 4 is 23.7 Å². The molecule has 0 saturated heterocycles. The molecule has 1 saturated carbocycles. The fraction of sp³-hybridized carbons (Fsp3) is 0.562. The molecule has 1 aliphatic carbocycles. The number of hydrogen-bond acceptors (Lipinski definition) is 2. The van der Waals surface area contributed by atoms with Gasteiger partial charge in [-0.2, -0.15) is 0 Å². The monoisotopic (exact) mass is 274 g/mol. The first-order chi connectivity index (χ1) is 8.92. The second kappa shape index (κ2) is 4.55. The quantitative estimate of drug-likeness (QED) is 0.825. The molecule has 0 aliphatic heterocycles. The van der Waals surface area contributed by atoms with Gasteiger partial charge in [0.15, 0.2) is 0 Å². The van der Waals surface area contributed by atoms with Gasteiger partial charge in [0.2, 0.25) is 0 Å². The Balaban J connectivity index is 2.06. The molecule has 0 bridgehead atoms. The zero-order chi connectivity index (χ0) is 13.6. The van der Waals surface area contributed by atoms with E-state index < -0.39 is 0 Å². The molecule has 1 heterocycles. The van der Waals surface area contributed by atoms with Gasteiger partial charge in [-0.3, -0.25) is 0 Å². The molecule has 0 unspecified atom stereocenters. The zero-order valence-corrected chi connectivity index (χ0v) is 12.9. The summed E-state index contributed by atoms with van der Waals surface area (Å²) in [5.41, 5.74) is 2.63. The number of aromatic nitrogens is 2. The van der Waals surface area contributed by atoms with Crippen molar-refractivity contribution in [3.05, 3.63) is 24.0 Å². The topological polar surface area (TPSA) is 17.8 Å². The van der Waals surface area contributed by atoms with Gasteiger partial charge in [0.1, 0.15) is 5.82 Å². The number of rotatable bonds is 3. The fourth-order valence-electron chi connectivity index (χ4n) is 2.54. The van der Waals surface area contributed by atoms with E-state index >= 15 is 0 Å². The van der Waals surface area contributed by atoms with E-state index in [0.717, 1.165) is 29.3 Å². The van der Waals surface area contributed by atoms with Gasteiger partial charge >= 0.3 is 0 Å². The Morgan fingerprint density at radius 3 is 2.68 bits per heavy atom. The van der Waals surface area contributed by atoms with E-state index in [1.54, 1.807) is 0 Å². The number of imidazole rings is 1. The molecule has 1 aliphatic rings. The Bertz CT molecular complexity index is 603. The van der Waals surface area contributed by atoms with E-state index in [-0.39, 0.29) is 5.41 Å². The summed E-state index contributed by atoms with van der Waals surface area (Å²) in [6.07, 6.45) is 3.77. The van der Waals surface area contributed by atoms with Crippen molar-refractivity contribution in [3.63, 3.8) is 0 Å². The minimum absolute atomic E-state index is 0.270. The molecule has 1 aromatic heterocycles. The highest BCUT2D eigenvalue weighted by atomic mass is 32.1. The van der Waals surface area contributed by atoms with E-state index in [9.17, 15) is 0 Å². The molecule has 0 radical (unpaired) electrons. The van der Waals surface area contributed by atoms with Crippen LogP contribution in [0.4, 0.5) is 0 Å². The minimum Gasteiger partial charge on any atom is -0.328 e. The van der Waals surface area contributed by atoms with Crippen LogP contribution in [0.1, 0.15) is 39.4 Å². The summed E-state index contributed by atoms with van der Waals surface area (Å²) in [5.74, 6) is 2.10. The first-order valence-corrected chi connectivity index (χ1v) is 7.55. The summed E-state index contributed by atoms with van der Waals surface area (Å²) >= 11 is 4.42. The number of hydrogen-bond donors (Lipinski definition) is 1. The molecular formula is C16H22N2S. The summed E-state index contributed by atoms with van der Waals surface area (Å²) in [7, 11) is 0. The average Bonchev–Trinajstić information content (AvgIpc) is 3.02. The van der Waals surface area contributed by atoms with Crippen molar-refractivity contribution in [3.8, 4) is 0 Å². The number of benzene rings is 1. The van der Waals surface area contributed by atoms with E-state index in [1.165, 1.54) is 24.2 Å². The molecule has 3 rings (SSSR count). The van der Waals surface area contributed by atoms with E-state index in [1.807, 2.05) is 0 Å². The van der Waals surface area contributed by atoms with Crippen molar-refractivity contribution in [2.24, 2.45) is 11.3 Å². The lowest BCUT2D eigenvalue weighted by Gasteiger charge is -2.18. The average molecular weight is 274 g/mol. The first-order valence-electron chi connectivity index (χ1n) is 7.10. The molecule has 3 heteroatoms. The van der Waals surface area contributed by atoms with E-state index in [4.69, 9.17) is 4.98 Å². The predicted molar refractivity (Wildman–Crippen MR) is 82.9 cm³/mol. The van der Waals surface area contributed by atoms with Crippen LogP contribution in [0.3, 0.4) is 0 Å². The lowest BCUT2D eigenvalue weighted by Crippen LogP contribution is -2.15. The van der Waals surface area contributed by atoms with Gasteiger partial charge in [-0.25, -0.2) is 4.98 Å². The van der Waals surface area contributed by atoms with Crippen molar-refractivity contribution in [2.75, 3.05) is 0 Å². The lowest BCUT2D eigenvalue weighted by molar-refractivity contribution is 0.391. The van der Waals surface area contributed by atoms with Crippen LogP contribution in [0.2, 0.25) is 0 Å². The summed E-state index contributed by atoms with van der Waals surface area (Å²) in [6.45, 7) is 7.96. The van der Waals surface area contributed by atoms with Crippen LogP contribution in [-0.4, -0.2) is 9.55 Å². The van der Waals surface area contributed by atoms with E-state index in [2.05, 4.69) is 56.2 Å². The Morgan fingerprint density at radius 2 is 2.05 bits per heavy atom. The van der Waals surface area contributed by atoms with Crippen LogP contribution in [-0.2, 0) is 13.0 Å². The Hall–Kier alpha value is -0.960. The molecular weight excluding hydrogens is 252 g/mol. The highest BCUT2D eigenvalue weighted by Crippen LogP contribution is 2.34. The zero-order valence-electron chi connectivity index (χ0n) is 12.0. The highest BCUT2D eigenvalue weighted by molar-refractivity contribution is 7.80. The molecule has 0 spiro atoms. The normalized spacial score (nSPS) is 16.2. The Morgan fingerprint density at radius 1 is 1.32 bits per heavy atom. The summed E-state index contributed by atoms with van der Waals surface area (Å²) in [5, 5.41) is 0. The van der Waals surface area contributed by atoms with Crippen LogP contribution in [0.5, 0.6) is 0 Å². The lowest BCUT2D eigenvalue weighted by atomic mass is 9.92. The third-order valence-electron chi connectivity index (χ3n) is 3.64. The maximum absolute atomic E-state index is 4.85. The Labute approximate surface area is 120 Å². The molecule has 0 N–H and O–H groups in total. The van der Waals surface area contributed by atoms with Gasteiger partial charge in [0.05, 0.1) is 11.0 Å². The highest BCUT2D eigenvalue weighted by Gasteiger charge is 2.25. The number of fused-ring (bicyclic) bond motifs is 1. The van der Waals surface area contributed by atoms with Gasteiger partial charge in [0.25, 0.3) is 0 Å². The minimum atomic E-state index is 0.270. The third-order valence-corrected chi connectivity index (χ3v) is 3.92. The largest absolute Gasteiger partial charge is 0.328 e. The van der Waals surface area contributed by atoms with Crippen molar-refractivity contribution in [1.82, 2.24) is 9.55 Å². The SMILES string of the molecule is CC(C)(C)Cc1nc2cc(S)ccc2n1CC1CC1. The molecule has 0 atom stereocenters. The summed E-state index contributed by atoms with van der Waals surface area (Å²) < 4.78 is 2.44. The second-order valence-electron chi connectivity index (χ2n) is 6.99. The van der Waals surface area contributed by atoms with E-state index in [0.29, 0.717) is 0 Å². The van der Waals surface area contributed by atoms with Crippen LogP contribution in [0.25, 0.3) is 11.0 Å². The molecule has 19 heavy (non-hydrogen) atoms. The van der Waals surface area contributed by atoms with Gasteiger partial charge in [-0.15, -0.1) is 12.6 Å². The first kappa shape index (κ1) is 13.0. The molecule has 2 nitrogen and oxygen atoms in total. The second-order valence-corrected chi connectivity index (χ2v) is 7.51. The standard InChI is InChI=1S/C16H22N2S/c1-16(2,3)9-15-17-13-8-12(19)6-7-14(13)18(15)10-11-4-5-11/h6-8,11,19H,4-5,9-10H2,1-3H3. The predicted octanol–water partition coefficient (Wildman–Crippen LogP) is 4.32. The van der Waals surface area contributed by atoms with Crippen molar-refractivity contribution in [2.45, 2.75) is 51.5 Å². The molecule has 2 aromatic rings. The van der Waals surface area contributed by atoms with Gasteiger partial charge in [-0.1, -0.05) is 20.8 Å². The number of thiol groups is 1. The smallest absolute Gasteiger partial charge is 0.110 e. The maximum Gasteiger partial charge on any atom is 0.110 e. The fourth-order valence-corrected chi connectivity index (χ4v) is 2.74. The van der Waals surface area contributed by atoms with Crippen molar-refractivity contribution in [1.29, 1.82) is 0 Å². The summed E-state index contributed by atoms with van der Waals surface area (Å²) in [4.78, 5) is 5.85. The van der Waals surface area contributed by atoms with Crippen molar-refractivity contribution < 1.29 is 0 Å². The molecule has 102 valence electrons. The number of nitrogens with zero attached hydrogens (tertiary/aromatic N) is 2. The van der Waals surface area contributed by atoms with Crippen LogP contribution in [0.15, 0.2) is 23.1 Å². The van der Waals surface area contributed by atoms with Gasteiger partial charge in [-0.05, 0) is 42.4 Å². The molecule has 1 fully saturated rings.